The number of halogens is 1. The van der Waals surface area contributed by atoms with E-state index in [-0.39, 0.29) is 17.2 Å². The standard InChI is InChI=1S/C25H21ClN2O4S/c1-3-32-25(29)23-16-28(24(27-23)21-9-4-5-10-22(21)26)19-13-11-17(12-14-19)18-7-6-8-20(15-18)33(2,30)31/h4-16H,3H2,1-2H3. The van der Waals surface area contributed by atoms with Gasteiger partial charge in [-0.1, -0.05) is 48.0 Å². The van der Waals surface area contributed by atoms with Gasteiger partial charge >= 0.3 is 5.97 Å². The summed E-state index contributed by atoms with van der Waals surface area (Å²) >= 11 is 6.41. The second-order valence-corrected chi connectivity index (χ2v) is 9.79. The molecule has 1 aromatic heterocycles. The number of imidazole rings is 1. The first kappa shape index (κ1) is 22.8. The fourth-order valence-corrected chi connectivity index (χ4v) is 4.32. The summed E-state index contributed by atoms with van der Waals surface area (Å²) in [5.41, 5.74) is 3.26. The topological polar surface area (TPSA) is 78.3 Å². The van der Waals surface area contributed by atoms with Crippen molar-refractivity contribution in [3.05, 3.63) is 89.7 Å². The Morgan fingerprint density at radius 3 is 2.39 bits per heavy atom. The molecule has 0 saturated heterocycles. The van der Waals surface area contributed by atoms with Gasteiger partial charge in [0.1, 0.15) is 5.82 Å². The summed E-state index contributed by atoms with van der Waals surface area (Å²) in [6.07, 6.45) is 2.81. The number of hydrogen-bond donors (Lipinski definition) is 0. The minimum absolute atomic E-state index is 0.177. The average Bonchev–Trinajstić information content (AvgIpc) is 3.25. The van der Waals surface area contributed by atoms with Crippen molar-refractivity contribution in [3.8, 4) is 28.2 Å². The van der Waals surface area contributed by atoms with Gasteiger partial charge in [0.25, 0.3) is 0 Å². The zero-order valence-corrected chi connectivity index (χ0v) is 19.6. The highest BCUT2D eigenvalue weighted by molar-refractivity contribution is 7.90. The number of rotatable bonds is 6. The van der Waals surface area contributed by atoms with Crippen molar-refractivity contribution in [2.24, 2.45) is 0 Å². The van der Waals surface area contributed by atoms with E-state index in [4.69, 9.17) is 16.3 Å². The van der Waals surface area contributed by atoms with Crippen molar-refractivity contribution < 1.29 is 17.9 Å². The van der Waals surface area contributed by atoms with E-state index >= 15 is 0 Å². The molecule has 4 rings (SSSR count). The van der Waals surface area contributed by atoms with Crippen molar-refractivity contribution >= 4 is 27.4 Å². The molecule has 8 heteroatoms. The predicted molar refractivity (Wildman–Crippen MR) is 129 cm³/mol. The third kappa shape index (κ3) is 4.84. The highest BCUT2D eigenvalue weighted by Crippen LogP contribution is 2.30. The molecule has 0 fully saturated rings. The molecule has 0 bridgehead atoms. The normalized spacial score (nSPS) is 11.4. The van der Waals surface area contributed by atoms with E-state index in [0.717, 1.165) is 16.8 Å². The fraction of sp³-hybridized carbons (Fsp3) is 0.120. The second kappa shape index (κ2) is 9.21. The fourth-order valence-electron chi connectivity index (χ4n) is 3.43. The van der Waals surface area contributed by atoms with Gasteiger partial charge in [0.05, 0.1) is 16.5 Å². The van der Waals surface area contributed by atoms with Crippen LogP contribution in [-0.2, 0) is 14.6 Å². The van der Waals surface area contributed by atoms with Crippen LogP contribution in [0.15, 0.2) is 83.9 Å². The Labute approximate surface area is 197 Å². The van der Waals surface area contributed by atoms with Crippen LogP contribution in [0.3, 0.4) is 0 Å². The van der Waals surface area contributed by atoms with Crippen LogP contribution < -0.4 is 0 Å². The Bertz CT molecular complexity index is 1430. The number of carbonyl (C=O) groups excluding carboxylic acids is 1. The van der Waals surface area contributed by atoms with E-state index in [2.05, 4.69) is 4.98 Å². The van der Waals surface area contributed by atoms with Crippen LogP contribution in [0, 0.1) is 0 Å². The summed E-state index contributed by atoms with van der Waals surface area (Å²) in [7, 11) is -3.30. The van der Waals surface area contributed by atoms with Crippen LogP contribution in [0.25, 0.3) is 28.2 Å². The lowest BCUT2D eigenvalue weighted by molar-refractivity contribution is 0.0520. The maximum absolute atomic E-state index is 12.3. The summed E-state index contributed by atoms with van der Waals surface area (Å²) in [6.45, 7) is 1.98. The first-order valence-corrected chi connectivity index (χ1v) is 12.5. The van der Waals surface area contributed by atoms with Gasteiger partial charge in [0, 0.05) is 23.7 Å². The minimum atomic E-state index is -3.30. The Morgan fingerprint density at radius 2 is 1.73 bits per heavy atom. The molecule has 0 unspecified atom stereocenters. The van der Waals surface area contributed by atoms with Crippen molar-refractivity contribution in [2.45, 2.75) is 11.8 Å². The van der Waals surface area contributed by atoms with Gasteiger partial charge in [0.15, 0.2) is 15.5 Å². The molecule has 0 radical (unpaired) electrons. The Morgan fingerprint density at radius 1 is 1.00 bits per heavy atom. The lowest BCUT2D eigenvalue weighted by Gasteiger charge is -2.10. The quantitative estimate of drug-likeness (QED) is 0.343. The highest BCUT2D eigenvalue weighted by atomic mass is 35.5. The molecule has 0 aliphatic heterocycles. The van der Waals surface area contributed by atoms with Crippen LogP contribution in [0.1, 0.15) is 17.4 Å². The zero-order valence-electron chi connectivity index (χ0n) is 18.0. The first-order valence-electron chi connectivity index (χ1n) is 10.2. The van der Waals surface area contributed by atoms with Crippen molar-refractivity contribution in [1.82, 2.24) is 9.55 Å². The third-order valence-electron chi connectivity index (χ3n) is 5.05. The minimum Gasteiger partial charge on any atom is -0.461 e. The summed E-state index contributed by atoms with van der Waals surface area (Å²) in [6, 6.07) is 21.6. The molecule has 0 spiro atoms. The SMILES string of the molecule is CCOC(=O)c1cn(-c2ccc(-c3cccc(S(C)(=O)=O)c3)cc2)c(-c2ccccc2Cl)n1. The maximum Gasteiger partial charge on any atom is 0.358 e. The van der Waals surface area contributed by atoms with Gasteiger partial charge in [-0.3, -0.25) is 4.57 Å². The molecular weight excluding hydrogens is 460 g/mol. The third-order valence-corrected chi connectivity index (χ3v) is 6.49. The van der Waals surface area contributed by atoms with Crippen molar-refractivity contribution in [3.63, 3.8) is 0 Å². The molecule has 0 N–H and O–H groups in total. The van der Waals surface area contributed by atoms with Gasteiger partial charge < -0.3 is 4.74 Å². The van der Waals surface area contributed by atoms with Crippen molar-refractivity contribution in [1.29, 1.82) is 0 Å². The summed E-state index contributed by atoms with van der Waals surface area (Å²) in [5, 5.41) is 0.508. The lowest BCUT2D eigenvalue weighted by Crippen LogP contribution is -2.04. The van der Waals surface area contributed by atoms with Crippen LogP contribution >= 0.6 is 11.6 Å². The largest absolute Gasteiger partial charge is 0.461 e. The molecule has 168 valence electrons. The molecule has 3 aromatic carbocycles. The van der Waals surface area contributed by atoms with Crippen LogP contribution in [0.2, 0.25) is 5.02 Å². The van der Waals surface area contributed by atoms with Gasteiger partial charge in [-0.2, -0.15) is 0 Å². The van der Waals surface area contributed by atoms with Gasteiger partial charge in [-0.05, 0) is 54.4 Å². The van der Waals surface area contributed by atoms with Crippen LogP contribution in [0.5, 0.6) is 0 Å². The van der Waals surface area contributed by atoms with E-state index in [9.17, 15) is 13.2 Å². The van der Waals surface area contributed by atoms with Crippen LogP contribution in [-0.4, -0.2) is 36.8 Å². The molecular formula is C25H21ClN2O4S. The summed E-state index contributed by atoms with van der Waals surface area (Å²) in [5.74, 6) is -0.00533. The molecule has 0 aliphatic rings. The number of esters is 1. The molecule has 0 aliphatic carbocycles. The predicted octanol–water partition coefficient (Wildman–Crippen LogP) is 5.44. The number of carbonyl (C=O) groups is 1. The van der Waals surface area contributed by atoms with E-state index in [1.54, 1.807) is 42.0 Å². The molecule has 4 aromatic rings. The monoisotopic (exact) mass is 480 g/mol. The van der Waals surface area contributed by atoms with E-state index in [0.29, 0.717) is 16.4 Å². The lowest BCUT2D eigenvalue weighted by atomic mass is 10.1. The molecule has 0 atom stereocenters. The molecule has 0 amide bonds. The Hall–Kier alpha value is -3.42. The van der Waals surface area contributed by atoms with E-state index in [1.165, 1.54) is 6.26 Å². The summed E-state index contributed by atoms with van der Waals surface area (Å²) in [4.78, 5) is 17.1. The highest BCUT2D eigenvalue weighted by Gasteiger charge is 2.19. The second-order valence-electron chi connectivity index (χ2n) is 7.37. The number of benzene rings is 3. The van der Waals surface area contributed by atoms with Gasteiger partial charge in [-0.25, -0.2) is 18.2 Å². The van der Waals surface area contributed by atoms with Crippen molar-refractivity contribution in [2.75, 3.05) is 12.9 Å². The van der Waals surface area contributed by atoms with Gasteiger partial charge in [-0.15, -0.1) is 0 Å². The molecule has 0 saturated carbocycles. The number of sulfone groups is 1. The first-order chi connectivity index (χ1) is 15.8. The number of hydrogen-bond acceptors (Lipinski definition) is 5. The van der Waals surface area contributed by atoms with Gasteiger partial charge in [0.2, 0.25) is 0 Å². The molecule has 6 nitrogen and oxygen atoms in total. The maximum atomic E-state index is 12.3. The zero-order chi connectivity index (χ0) is 23.6. The Balaban J connectivity index is 1.78. The summed E-state index contributed by atoms with van der Waals surface area (Å²) < 4.78 is 30.7. The number of ether oxygens (including phenoxy) is 1. The van der Waals surface area contributed by atoms with Crippen LogP contribution in [0.4, 0.5) is 0 Å². The molecule has 1 heterocycles. The van der Waals surface area contributed by atoms with E-state index in [1.807, 2.05) is 48.5 Å². The average molecular weight is 481 g/mol. The number of nitrogens with zero attached hydrogens (tertiary/aromatic N) is 2. The van der Waals surface area contributed by atoms with E-state index < -0.39 is 15.8 Å². The number of aromatic nitrogens is 2. The Kier molecular flexibility index (Phi) is 6.35. The molecule has 33 heavy (non-hydrogen) atoms. The smallest absolute Gasteiger partial charge is 0.358 e.